The fourth-order valence-corrected chi connectivity index (χ4v) is 1.66. The summed E-state index contributed by atoms with van der Waals surface area (Å²) in [6, 6.07) is 7.88. The summed E-state index contributed by atoms with van der Waals surface area (Å²) in [5.41, 5.74) is 0.845. The largest absolute Gasteiger partial charge is 0.481 e. The van der Waals surface area contributed by atoms with Gasteiger partial charge >= 0.3 is 5.97 Å². The number of nitrogens with zero attached hydrogens (tertiary/aromatic N) is 1. The lowest BCUT2D eigenvalue weighted by Crippen LogP contribution is -2.04. The molecule has 0 radical (unpaired) electrons. The van der Waals surface area contributed by atoms with E-state index in [0.717, 1.165) is 6.07 Å². The topological polar surface area (TPSA) is 50.2 Å². The van der Waals surface area contributed by atoms with E-state index in [1.165, 1.54) is 24.3 Å². The molecule has 2 rings (SSSR count). The van der Waals surface area contributed by atoms with Crippen LogP contribution in [0, 0.1) is 11.8 Å². The van der Waals surface area contributed by atoms with Crippen LogP contribution < -0.4 is 0 Å². The van der Waals surface area contributed by atoms with Crippen LogP contribution in [-0.4, -0.2) is 16.1 Å². The maximum Gasteiger partial charge on any atom is 0.307 e. The standard InChI is InChI=1S/C13H9F2NO2/c14-10-3-1-2-8(6-10)13-9(7-12(17)18)4-5-11(15)16-13/h1-6H,7H2,(H,17,18). The van der Waals surface area contributed by atoms with Crippen molar-refractivity contribution in [2.75, 3.05) is 0 Å². The third kappa shape index (κ3) is 2.68. The number of aromatic nitrogens is 1. The zero-order chi connectivity index (χ0) is 13.1. The highest BCUT2D eigenvalue weighted by Crippen LogP contribution is 2.23. The van der Waals surface area contributed by atoms with E-state index in [0.29, 0.717) is 11.1 Å². The van der Waals surface area contributed by atoms with E-state index in [1.54, 1.807) is 6.07 Å². The Hall–Kier alpha value is -2.30. The molecule has 1 aromatic heterocycles. The number of carbonyl (C=O) groups is 1. The molecule has 0 spiro atoms. The molecule has 5 heteroatoms. The predicted molar refractivity (Wildman–Crippen MR) is 60.9 cm³/mol. The maximum absolute atomic E-state index is 13.1. The average Bonchev–Trinajstić information content (AvgIpc) is 2.31. The summed E-state index contributed by atoms with van der Waals surface area (Å²) in [4.78, 5) is 14.3. The molecule has 0 unspecified atom stereocenters. The van der Waals surface area contributed by atoms with Gasteiger partial charge in [-0.25, -0.2) is 9.37 Å². The van der Waals surface area contributed by atoms with Crippen LogP contribution in [-0.2, 0) is 11.2 Å². The molecule has 3 nitrogen and oxygen atoms in total. The van der Waals surface area contributed by atoms with Gasteiger partial charge in [0, 0.05) is 5.56 Å². The normalized spacial score (nSPS) is 10.3. The van der Waals surface area contributed by atoms with Crippen molar-refractivity contribution in [2.24, 2.45) is 0 Å². The van der Waals surface area contributed by atoms with E-state index in [9.17, 15) is 13.6 Å². The number of aliphatic carboxylic acids is 1. The Morgan fingerprint density at radius 3 is 2.67 bits per heavy atom. The zero-order valence-electron chi connectivity index (χ0n) is 9.23. The molecule has 0 aliphatic carbocycles. The third-order valence-corrected chi connectivity index (χ3v) is 2.38. The Labute approximate surface area is 102 Å². The van der Waals surface area contributed by atoms with Gasteiger partial charge in [0.1, 0.15) is 5.82 Å². The molecule has 0 aliphatic rings. The third-order valence-electron chi connectivity index (χ3n) is 2.38. The molecule has 1 heterocycles. The van der Waals surface area contributed by atoms with Crippen molar-refractivity contribution in [1.29, 1.82) is 0 Å². The van der Waals surface area contributed by atoms with Crippen molar-refractivity contribution in [3.63, 3.8) is 0 Å². The average molecular weight is 249 g/mol. The first-order chi connectivity index (χ1) is 8.56. The highest BCUT2D eigenvalue weighted by molar-refractivity contribution is 5.74. The fraction of sp³-hybridized carbons (Fsp3) is 0.0769. The van der Waals surface area contributed by atoms with Crippen LogP contribution in [0.3, 0.4) is 0 Å². The number of halogens is 2. The van der Waals surface area contributed by atoms with Gasteiger partial charge in [-0.05, 0) is 23.8 Å². The van der Waals surface area contributed by atoms with Crippen molar-refractivity contribution in [3.05, 3.63) is 53.7 Å². The number of carboxylic acid groups (broad SMARTS) is 1. The molecule has 0 aliphatic heterocycles. The van der Waals surface area contributed by atoms with Gasteiger partial charge < -0.3 is 5.11 Å². The van der Waals surface area contributed by atoms with Gasteiger partial charge in [0.25, 0.3) is 0 Å². The molecule has 0 atom stereocenters. The summed E-state index contributed by atoms with van der Waals surface area (Å²) in [6.07, 6.45) is -0.293. The molecule has 1 aromatic carbocycles. The summed E-state index contributed by atoms with van der Waals surface area (Å²) in [6.45, 7) is 0. The Morgan fingerprint density at radius 1 is 1.22 bits per heavy atom. The first-order valence-corrected chi connectivity index (χ1v) is 5.19. The number of pyridine rings is 1. The van der Waals surface area contributed by atoms with Crippen molar-refractivity contribution in [3.8, 4) is 11.3 Å². The summed E-state index contributed by atoms with van der Waals surface area (Å²) < 4.78 is 26.2. The van der Waals surface area contributed by atoms with Crippen molar-refractivity contribution >= 4 is 5.97 Å². The van der Waals surface area contributed by atoms with Crippen LogP contribution >= 0.6 is 0 Å². The number of carboxylic acids is 1. The highest BCUT2D eigenvalue weighted by Gasteiger charge is 2.12. The summed E-state index contributed by atoms with van der Waals surface area (Å²) in [7, 11) is 0. The van der Waals surface area contributed by atoms with E-state index in [-0.39, 0.29) is 12.1 Å². The van der Waals surface area contributed by atoms with Crippen LogP contribution in [0.1, 0.15) is 5.56 Å². The molecular weight excluding hydrogens is 240 g/mol. The molecule has 0 amide bonds. The minimum atomic E-state index is -1.05. The first kappa shape index (κ1) is 12.2. The molecule has 0 bridgehead atoms. The molecular formula is C13H9F2NO2. The van der Waals surface area contributed by atoms with Gasteiger partial charge in [-0.2, -0.15) is 4.39 Å². The molecule has 2 aromatic rings. The van der Waals surface area contributed by atoms with Gasteiger partial charge in [0.05, 0.1) is 12.1 Å². The smallest absolute Gasteiger partial charge is 0.307 e. The van der Waals surface area contributed by atoms with Gasteiger partial charge in [-0.1, -0.05) is 18.2 Å². The van der Waals surface area contributed by atoms with E-state index in [2.05, 4.69) is 4.98 Å². The Kier molecular flexibility index (Phi) is 3.32. The maximum atomic E-state index is 13.1. The quantitative estimate of drug-likeness (QED) is 0.851. The van der Waals surface area contributed by atoms with E-state index in [1.807, 2.05) is 0 Å². The van der Waals surface area contributed by atoms with E-state index >= 15 is 0 Å². The van der Waals surface area contributed by atoms with Crippen molar-refractivity contribution < 1.29 is 18.7 Å². The Bertz CT molecular complexity index is 599. The second-order valence-corrected chi connectivity index (χ2v) is 3.72. The lowest BCUT2D eigenvalue weighted by atomic mass is 10.0. The van der Waals surface area contributed by atoms with Gasteiger partial charge in [0.2, 0.25) is 5.95 Å². The highest BCUT2D eigenvalue weighted by atomic mass is 19.1. The van der Waals surface area contributed by atoms with Crippen LogP contribution in [0.4, 0.5) is 8.78 Å². The lowest BCUT2D eigenvalue weighted by Gasteiger charge is -2.07. The number of hydrogen-bond acceptors (Lipinski definition) is 2. The minimum absolute atomic E-state index is 0.150. The summed E-state index contributed by atoms with van der Waals surface area (Å²) in [5.74, 6) is -2.27. The molecule has 0 saturated carbocycles. The van der Waals surface area contributed by atoms with Gasteiger partial charge in [0.15, 0.2) is 0 Å². The summed E-state index contributed by atoms with van der Waals surface area (Å²) in [5, 5.41) is 8.77. The number of hydrogen-bond donors (Lipinski definition) is 1. The molecule has 0 fully saturated rings. The fourth-order valence-electron chi connectivity index (χ4n) is 1.66. The minimum Gasteiger partial charge on any atom is -0.481 e. The second-order valence-electron chi connectivity index (χ2n) is 3.72. The Morgan fingerprint density at radius 2 is 2.00 bits per heavy atom. The van der Waals surface area contributed by atoms with Crippen molar-refractivity contribution in [2.45, 2.75) is 6.42 Å². The second kappa shape index (κ2) is 4.91. The van der Waals surface area contributed by atoms with Crippen LogP contribution in [0.15, 0.2) is 36.4 Å². The lowest BCUT2D eigenvalue weighted by molar-refractivity contribution is -0.136. The van der Waals surface area contributed by atoms with Crippen LogP contribution in [0.5, 0.6) is 0 Å². The SMILES string of the molecule is O=C(O)Cc1ccc(F)nc1-c1cccc(F)c1. The molecule has 1 N–H and O–H groups in total. The summed E-state index contributed by atoms with van der Waals surface area (Å²) >= 11 is 0. The van der Waals surface area contributed by atoms with Crippen LogP contribution in [0.25, 0.3) is 11.3 Å². The first-order valence-electron chi connectivity index (χ1n) is 5.19. The molecule has 0 saturated heterocycles. The predicted octanol–water partition coefficient (Wildman–Crippen LogP) is 2.65. The van der Waals surface area contributed by atoms with Gasteiger partial charge in [-0.3, -0.25) is 4.79 Å². The Balaban J connectivity index is 2.54. The van der Waals surface area contributed by atoms with Gasteiger partial charge in [-0.15, -0.1) is 0 Å². The van der Waals surface area contributed by atoms with E-state index in [4.69, 9.17) is 5.11 Å². The van der Waals surface area contributed by atoms with Crippen LogP contribution in [0.2, 0.25) is 0 Å². The molecule has 18 heavy (non-hydrogen) atoms. The number of benzene rings is 1. The monoisotopic (exact) mass is 249 g/mol. The van der Waals surface area contributed by atoms with E-state index < -0.39 is 17.7 Å². The zero-order valence-corrected chi connectivity index (χ0v) is 9.23. The van der Waals surface area contributed by atoms with Crippen molar-refractivity contribution in [1.82, 2.24) is 4.98 Å². The molecule has 92 valence electrons. The number of rotatable bonds is 3.